The summed E-state index contributed by atoms with van der Waals surface area (Å²) in [7, 11) is 0. The third-order valence-electron chi connectivity index (χ3n) is 3.31. The number of carbonyl (C=O) groups is 1. The van der Waals surface area contributed by atoms with Crippen LogP contribution in [0.1, 0.15) is 32.4 Å². The molecule has 3 atom stereocenters. The van der Waals surface area contributed by atoms with Gasteiger partial charge in [-0.2, -0.15) is 4.39 Å². The van der Waals surface area contributed by atoms with Gasteiger partial charge in [0.25, 0.3) is 5.56 Å². The Morgan fingerprint density at radius 3 is 3.00 bits per heavy atom. The molecule has 0 aromatic carbocycles. The minimum Gasteiger partial charge on any atom is -0.375 e. The summed E-state index contributed by atoms with van der Waals surface area (Å²) in [4.78, 5) is 35.5. The van der Waals surface area contributed by atoms with Crippen LogP contribution in [0.3, 0.4) is 0 Å². The van der Waals surface area contributed by atoms with Crippen molar-refractivity contribution in [3.05, 3.63) is 32.9 Å². The van der Waals surface area contributed by atoms with Crippen molar-refractivity contribution in [1.82, 2.24) is 9.55 Å². The Morgan fingerprint density at radius 1 is 1.57 bits per heavy atom. The molecule has 21 heavy (non-hydrogen) atoms. The van der Waals surface area contributed by atoms with Gasteiger partial charge in [0.05, 0.1) is 12.3 Å². The molecule has 1 aliphatic heterocycles. The van der Waals surface area contributed by atoms with Crippen molar-refractivity contribution in [1.29, 1.82) is 0 Å². The lowest BCUT2D eigenvalue weighted by molar-refractivity contribution is -0.124. The van der Waals surface area contributed by atoms with Gasteiger partial charge in [-0.3, -0.25) is 14.3 Å². The van der Waals surface area contributed by atoms with Gasteiger partial charge in [-0.15, -0.1) is 0 Å². The van der Waals surface area contributed by atoms with Crippen molar-refractivity contribution >= 4 is 6.29 Å². The number of hydrogen-bond donors (Lipinski definition) is 1. The van der Waals surface area contributed by atoms with Crippen LogP contribution >= 0.6 is 0 Å². The number of aromatic nitrogens is 2. The van der Waals surface area contributed by atoms with Gasteiger partial charge in [0.15, 0.2) is 6.29 Å². The third kappa shape index (κ3) is 3.45. The number of hydrogen-bond acceptors (Lipinski definition) is 5. The first kappa shape index (κ1) is 15.6. The minimum absolute atomic E-state index is 0.235. The fraction of sp³-hybridized carbons (Fsp3) is 0.615. The Kier molecular flexibility index (Phi) is 5.03. The van der Waals surface area contributed by atoms with Crippen LogP contribution in [-0.4, -0.2) is 34.7 Å². The van der Waals surface area contributed by atoms with Gasteiger partial charge < -0.3 is 14.3 Å². The first-order chi connectivity index (χ1) is 10.1. The molecule has 7 nitrogen and oxygen atoms in total. The molecule has 0 spiro atoms. The fourth-order valence-corrected chi connectivity index (χ4v) is 2.17. The second kappa shape index (κ2) is 6.77. The van der Waals surface area contributed by atoms with Gasteiger partial charge in [0.1, 0.15) is 12.3 Å². The van der Waals surface area contributed by atoms with Crippen molar-refractivity contribution in [3.63, 3.8) is 0 Å². The molecule has 1 aromatic heterocycles. The summed E-state index contributed by atoms with van der Waals surface area (Å²) in [5, 5.41) is 0. The maximum atomic E-state index is 13.3. The highest BCUT2D eigenvalue weighted by Crippen LogP contribution is 2.29. The van der Waals surface area contributed by atoms with E-state index in [1.807, 2.05) is 11.9 Å². The zero-order valence-corrected chi connectivity index (χ0v) is 11.6. The SMILES string of the molecule is CCCCO[C@H]1C[C@H](n2cc(F)c(=O)[nH]c2=O)O[C@@H]1C=O. The average Bonchev–Trinajstić information content (AvgIpc) is 2.86. The van der Waals surface area contributed by atoms with Gasteiger partial charge in [0.2, 0.25) is 5.82 Å². The summed E-state index contributed by atoms with van der Waals surface area (Å²) in [6.45, 7) is 2.49. The third-order valence-corrected chi connectivity index (χ3v) is 3.31. The lowest BCUT2D eigenvalue weighted by Crippen LogP contribution is -2.33. The fourth-order valence-electron chi connectivity index (χ4n) is 2.17. The Hall–Kier alpha value is -1.80. The van der Waals surface area contributed by atoms with Crippen LogP contribution in [0.25, 0.3) is 0 Å². The first-order valence-corrected chi connectivity index (χ1v) is 6.80. The molecule has 0 saturated carbocycles. The Morgan fingerprint density at radius 2 is 2.33 bits per heavy atom. The number of nitrogens with zero attached hydrogens (tertiary/aromatic N) is 1. The molecule has 0 bridgehead atoms. The lowest BCUT2D eigenvalue weighted by Gasteiger charge is -2.12. The summed E-state index contributed by atoms with van der Waals surface area (Å²) < 4.78 is 25.2. The number of unbranched alkanes of at least 4 members (excludes halogenated alkanes) is 1. The van der Waals surface area contributed by atoms with E-state index in [1.165, 1.54) is 0 Å². The maximum Gasteiger partial charge on any atom is 0.330 e. The molecule has 0 amide bonds. The van der Waals surface area contributed by atoms with Gasteiger partial charge in [-0.05, 0) is 6.42 Å². The summed E-state index contributed by atoms with van der Waals surface area (Å²) in [5.74, 6) is -1.09. The van der Waals surface area contributed by atoms with E-state index in [1.54, 1.807) is 0 Å². The smallest absolute Gasteiger partial charge is 0.330 e. The summed E-state index contributed by atoms with van der Waals surface area (Å²) in [6.07, 6.45) is 1.28. The number of nitrogens with one attached hydrogen (secondary N) is 1. The second-order valence-electron chi connectivity index (χ2n) is 4.83. The Bertz CT molecular complexity index is 611. The molecule has 0 unspecified atom stereocenters. The van der Waals surface area contributed by atoms with Crippen molar-refractivity contribution in [2.75, 3.05) is 6.61 Å². The molecule has 1 aliphatic rings. The molecule has 1 saturated heterocycles. The number of halogens is 1. The zero-order valence-electron chi connectivity index (χ0n) is 11.6. The van der Waals surface area contributed by atoms with Crippen LogP contribution in [0.5, 0.6) is 0 Å². The van der Waals surface area contributed by atoms with Gasteiger partial charge in [-0.1, -0.05) is 13.3 Å². The van der Waals surface area contributed by atoms with E-state index in [2.05, 4.69) is 0 Å². The molecule has 1 fully saturated rings. The van der Waals surface area contributed by atoms with Crippen molar-refractivity contribution in [2.24, 2.45) is 0 Å². The molecule has 2 rings (SSSR count). The normalized spacial score (nSPS) is 25.1. The molecule has 0 aliphatic carbocycles. The van der Waals surface area contributed by atoms with E-state index < -0.39 is 35.5 Å². The molecular formula is C13H17FN2O5. The number of carbonyl (C=O) groups excluding carboxylic acids is 1. The van der Waals surface area contributed by atoms with Crippen LogP contribution in [0.2, 0.25) is 0 Å². The second-order valence-corrected chi connectivity index (χ2v) is 4.83. The van der Waals surface area contributed by atoms with E-state index in [9.17, 15) is 18.8 Å². The minimum atomic E-state index is -1.09. The quantitative estimate of drug-likeness (QED) is 0.604. The van der Waals surface area contributed by atoms with Crippen LogP contribution in [-0.2, 0) is 14.3 Å². The molecule has 0 radical (unpaired) electrons. The first-order valence-electron chi connectivity index (χ1n) is 6.80. The van der Waals surface area contributed by atoms with Crippen LogP contribution in [0.15, 0.2) is 15.8 Å². The number of aromatic amines is 1. The van der Waals surface area contributed by atoms with Crippen molar-refractivity contribution in [2.45, 2.75) is 44.6 Å². The van der Waals surface area contributed by atoms with E-state index >= 15 is 0 Å². The monoisotopic (exact) mass is 300 g/mol. The van der Waals surface area contributed by atoms with Gasteiger partial charge in [0, 0.05) is 13.0 Å². The Labute approximate surface area is 119 Å². The molecule has 1 aromatic rings. The number of H-pyrrole nitrogens is 1. The molecule has 8 heteroatoms. The van der Waals surface area contributed by atoms with Gasteiger partial charge >= 0.3 is 5.69 Å². The summed E-state index contributed by atoms with van der Waals surface area (Å²) >= 11 is 0. The highest BCUT2D eigenvalue weighted by molar-refractivity contribution is 5.57. The van der Waals surface area contributed by atoms with Crippen LogP contribution in [0.4, 0.5) is 4.39 Å². The molecule has 116 valence electrons. The predicted molar refractivity (Wildman–Crippen MR) is 70.5 cm³/mol. The van der Waals surface area contributed by atoms with Crippen molar-refractivity contribution < 1.29 is 18.7 Å². The number of ether oxygens (including phenoxy) is 2. The van der Waals surface area contributed by atoms with Crippen molar-refractivity contribution in [3.8, 4) is 0 Å². The van der Waals surface area contributed by atoms with Gasteiger partial charge in [-0.25, -0.2) is 4.79 Å². The van der Waals surface area contributed by atoms with E-state index in [4.69, 9.17) is 9.47 Å². The van der Waals surface area contributed by atoms with Crippen LogP contribution < -0.4 is 11.2 Å². The van der Waals surface area contributed by atoms with E-state index in [0.29, 0.717) is 12.9 Å². The summed E-state index contributed by atoms with van der Waals surface area (Å²) in [5.41, 5.74) is -1.87. The standard InChI is InChI=1S/C13H17FN2O5/c1-2-3-4-20-9-5-11(21-10(9)7-17)16-6-8(14)12(18)15-13(16)19/h6-7,9-11H,2-5H2,1H3,(H,15,18,19)/t9-,10+,11+/m0/s1. The maximum absolute atomic E-state index is 13.3. The number of rotatable bonds is 6. The average molecular weight is 300 g/mol. The van der Waals surface area contributed by atoms with E-state index in [-0.39, 0.29) is 6.42 Å². The molecular weight excluding hydrogens is 283 g/mol. The topological polar surface area (TPSA) is 90.4 Å². The number of aldehydes is 1. The Balaban J connectivity index is 2.15. The lowest BCUT2D eigenvalue weighted by atomic mass is 10.2. The highest BCUT2D eigenvalue weighted by Gasteiger charge is 2.37. The molecule has 2 heterocycles. The largest absolute Gasteiger partial charge is 0.375 e. The zero-order chi connectivity index (χ0) is 15.4. The predicted octanol–water partition coefficient (Wildman–Crippen LogP) is 0.347. The molecule has 1 N–H and O–H groups in total. The summed E-state index contributed by atoms with van der Waals surface area (Å²) in [6, 6.07) is 0. The van der Waals surface area contributed by atoms with Crippen LogP contribution in [0, 0.1) is 5.82 Å². The van der Waals surface area contributed by atoms with E-state index in [0.717, 1.165) is 23.6 Å². The highest BCUT2D eigenvalue weighted by atomic mass is 19.1.